The molecule has 3 aromatic rings. The maximum Gasteiger partial charge on any atom is 0.255 e. The fourth-order valence-electron chi connectivity index (χ4n) is 2.66. The lowest BCUT2D eigenvalue weighted by Gasteiger charge is -2.14. The van der Waals surface area contributed by atoms with Crippen LogP contribution in [0.15, 0.2) is 48.8 Å². The normalized spacial score (nSPS) is 10.6. The van der Waals surface area contributed by atoms with Crippen LogP contribution in [-0.2, 0) is 12.8 Å². The summed E-state index contributed by atoms with van der Waals surface area (Å²) in [5, 5.41) is 14.2. The van der Waals surface area contributed by atoms with Gasteiger partial charge in [-0.1, -0.05) is 38.1 Å². The summed E-state index contributed by atoms with van der Waals surface area (Å²) >= 11 is 0. The zero-order valence-electron chi connectivity index (χ0n) is 13.7. The molecular weight excluding hydrogens is 302 g/mol. The first-order valence-corrected chi connectivity index (χ1v) is 7.98. The van der Waals surface area contributed by atoms with E-state index in [0.717, 1.165) is 35.3 Å². The van der Waals surface area contributed by atoms with Gasteiger partial charge in [0.25, 0.3) is 5.91 Å². The zero-order chi connectivity index (χ0) is 16.9. The molecule has 24 heavy (non-hydrogen) atoms. The van der Waals surface area contributed by atoms with E-state index in [2.05, 4.69) is 34.7 Å². The Hall–Kier alpha value is -3.02. The van der Waals surface area contributed by atoms with Gasteiger partial charge in [-0.25, -0.2) is 4.68 Å². The smallest absolute Gasteiger partial charge is 0.255 e. The monoisotopic (exact) mass is 321 g/mol. The van der Waals surface area contributed by atoms with Gasteiger partial charge < -0.3 is 5.32 Å². The van der Waals surface area contributed by atoms with Crippen molar-refractivity contribution in [1.82, 2.24) is 20.2 Å². The van der Waals surface area contributed by atoms with Crippen LogP contribution in [0.4, 0.5) is 5.69 Å². The van der Waals surface area contributed by atoms with Gasteiger partial charge in [0.2, 0.25) is 0 Å². The Morgan fingerprint density at radius 1 is 1.08 bits per heavy atom. The topological polar surface area (TPSA) is 72.7 Å². The number of nitrogens with zero attached hydrogens (tertiary/aromatic N) is 4. The molecule has 0 fully saturated rings. The van der Waals surface area contributed by atoms with E-state index in [-0.39, 0.29) is 5.91 Å². The van der Waals surface area contributed by atoms with Crippen molar-refractivity contribution in [2.75, 3.05) is 5.32 Å². The van der Waals surface area contributed by atoms with Crippen molar-refractivity contribution in [3.8, 4) is 5.69 Å². The third-order valence-electron chi connectivity index (χ3n) is 3.96. The molecule has 6 heteroatoms. The van der Waals surface area contributed by atoms with Gasteiger partial charge in [-0.15, -0.1) is 5.10 Å². The minimum atomic E-state index is -0.138. The van der Waals surface area contributed by atoms with Gasteiger partial charge in [-0.2, -0.15) is 0 Å². The lowest BCUT2D eigenvalue weighted by Crippen LogP contribution is -2.15. The molecule has 1 amide bonds. The molecule has 0 unspecified atom stereocenters. The lowest BCUT2D eigenvalue weighted by atomic mass is 10.0. The number of hydrogen-bond acceptors (Lipinski definition) is 4. The van der Waals surface area contributed by atoms with E-state index in [1.54, 1.807) is 12.1 Å². The number of carbonyl (C=O) groups excluding carboxylic acids is 1. The molecule has 122 valence electrons. The predicted octanol–water partition coefficient (Wildman–Crippen LogP) is 3.04. The standard InChI is InChI=1S/C18H19N5O/c1-3-13-7-5-8-14(4-2)17(13)20-18(24)15-9-6-10-16(11-15)23-12-19-21-22-23/h5-12H,3-4H2,1-2H3,(H,20,24). The molecule has 0 saturated heterocycles. The quantitative estimate of drug-likeness (QED) is 0.784. The number of rotatable bonds is 5. The van der Waals surface area contributed by atoms with Crippen molar-refractivity contribution in [2.45, 2.75) is 26.7 Å². The van der Waals surface area contributed by atoms with Gasteiger partial charge in [0.05, 0.1) is 5.69 Å². The van der Waals surface area contributed by atoms with Crippen LogP contribution in [0.1, 0.15) is 35.3 Å². The van der Waals surface area contributed by atoms with Crippen molar-refractivity contribution in [1.29, 1.82) is 0 Å². The van der Waals surface area contributed by atoms with Crippen LogP contribution in [0.3, 0.4) is 0 Å². The summed E-state index contributed by atoms with van der Waals surface area (Å²) in [5.41, 5.74) is 4.50. The van der Waals surface area contributed by atoms with Crippen molar-refractivity contribution in [3.63, 3.8) is 0 Å². The minimum Gasteiger partial charge on any atom is -0.321 e. The molecule has 0 aliphatic heterocycles. The molecule has 0 radical (unpaired) electrons. The fraction of sp³-hybridized carbons (Fsp3) is 0.222. The number of benzene rings is 2. The SMILES string of the molecule is CCc1cccc(CC)c1NC(=O)c1cccc(-n2cnnn2)c1. The number of tetrazole rings is 1. The van der Waals surface area contributed by atoms with Crippen LogP contribution in [0.25, 0.3) is 5.69 Å². The average molecular weight is 321 g/mol. The van der Waals surface area contributed by atoms with Crippen molar-refractivity contribution in [2.24, 2.45) is 0 Å². The largest absolute Gasteiger partial charge is 0.321 e. The van der Waals surface area contributed by atoms with Gasteiger partial charge in [0, 0.05) is 11.3 Å². The molecular formula is C18H19N5O. The minimum absolute atomic E-state index is 0.138. The molecule has 1 N–H and O–H groups in total. The Kier molecular flexibility index (Phi) is 4.65. The highest BCUT2D eigenvalue weighted by molar-refractivity contribution is 6.05. The van der Waals surface area contributed by atoms with Crippen LogP contribution >= 0.6 is 0 Å². The Balaban J connectivity index is 1.90. The van der Waals surface area contributed by atoms with E-state index in [9.17, 15) is 4.79 Å². The van der Waals surface area contributed by atoms with E-state index in [1.807, 2.05) is 30.3 Å². The number of aryl methyl sites for hydroxylation is 2. The Labute approximate surface area is 140 Å². The molecule has 0 saturated carbocycles. The van der Waals surface area contributed by atoms with Crippen LogP contribution in [0.5, 0.6) is 0 Å². The van der Waals surface area contributed by atoms with Gasteiger partial charge in [0.15, 0.2) is 0 Å². The maximum atomic E-state index is 12.7. The first kappa shape index (κ1) is 15.9. The molecule has 0 atom stereocenters. The second-order valence-corrected chi connectivity index (χ2v) is 5.42. The highest BCUT2D eigenvalue weighted by Gasteiger charge is 2.12. The summed E-state index contributed by atoms with van der Waals surface area (Å²) in [6.45, 7) is 4.17. The van der Waals surface area contributed by atoms with Gasteiger partial charge in [-0.05, 0) is 52.6 Å². The van der Waals surface area contributed by atoms with E-state index >= 15 is 0 Å². The summed E-state index contributed by atoms with van der Waals surface area (Å²) in [6, 6.07) is 13.3. The zero-order valence-corrected chi connectivity index (χ0v) is 13.7. The Bertz CT molecular complexity index is 820. The molecule has 2 aromatic carbocycles. The number of carbonyl (C=O) groups is 1. The Morgan fingerprint density at radius 2 is 1.79 bits per heavy atom. The number of para-hydroxylation sites is 1. The molecule has 0 aliphatic rings. The summed E-state index contributed by atoms with van der Waals surface area (Å²) < 4.78 is 1.52. The summed E-state index contributed by atoms with van der Waals surface area (Å²) in [6.07, 6.45) is 3.24. The van der Waals surface area contributed by atoms with Crippen LogP contribution in [-0.4, -0.2) is 26.1 Å². The summed E-state index contributed by atoms with van der Waals surface area (Å²) in [7, 11) is 0. The maximum absolute atomic E-state index is 12.7. The van der Waals surface area contributed by atoms with E-state index in [1.165, 1.54) is 11.0 Å². The highest BCUT2D eigenvalue weighted by Crippen LogP contribution is 2.23. The molecule has 1 aromatic heterocycles. The van der Waals surface area contributed by atoms with E-state index in [4.69, 9.17) is 0 Å². The molecule has 0 aliphatic carbocycles. The third kappa shape index (κ3) is 3.17. The number of nitrogens with one attached hydrogen (secondary N) is 1. The molecule has 1 heterocycles. The summed E-state index contributed by atoms with van der Waals surface area (Å²) in [4.78, 5) is 12.7. The van der Waals surface area contributed by atoms with Crippen LogP contribution in [0, 0.1) is 0 Å². The van der Waals surface area contributed by atoms with Crippen molar-refractivity contribution >= 4 is 11.6 Å². The van der Waals surface area contributed by atoms with Crippen LogP contribution < -0.4 is 5.32 Å². The van der Waals surface area contributed by atoms with E-state index in [0.29, 0.717) is 5.56 Å². The Morgan fingerprint density at radius 3 is 2.42 bits per heavy atom. The summed E-state index contributed by atoms with van der Waals surface area (Å²) in [5.74, 6) is -0.138. The molecule has 6 nitrogen and oxygen atoms in total. The first-order chi connectivity index (χ1) is 11.7. The highest BCUT2D eigenvalue weighted by atomic mass is 16.1. The number of aromatic nitrogens is 4. The van der Waals surface area contributed by atoms with Crippen LogP contribution in [0.2, 0.25) is 0 Å². The molecule has 0 bridgehead atoms. The molecule has 0 spiro atoms. The number of amides is 1. The number of hydrogen-bond donors (Lipinski definition) is 1. The molecule has 3 rings (SSSR count). The second kappa shape index (κ2) is 7.04. The van der Waals surface area contributed by atoms with E-state index < -0.39 is 0 Å². The van der Waals surface area contributed by atoms with Crippen molar-refractivity contribution < 1.29 is 4.79 Å². The fourth-order valence-corrected chi connectivity index (χ4v) is 2.66. The lowest BCUT2D eigenvalue weighted by molar-refractivity contribution is 0.102. The van der Waals surface area contributed by atoms with Crippen molar-refractivity contribution in [3.05, 3.63) is 65.5 Å². The second-order valence-electron chi connectivity index (χ2n) is 5.42. The number of anilines is 1. The predicted molar refractivity (Wildman–Crippen MR) is 92.3 cm³/mol. The van der Waals surface area contributed by atoms with Gasteiger partial charge in [-0.3, -0.25) is 4.79 Å². The first-order valence-electron chi connectivity index (χ1n) is 7.98. The van der Waals surface area contributed by atoms with Gasteiger partial charge in [0.1, 0.15) is 6.33 Å². The average Bonchev–Trinajstić information content (AvgIpc) is 3.16. The third-order valence-corrected chi connectivity index (χ3v) is 3.96. The van der Waals surface area contributed by atoms with Gasteiger partial charge >= 0.3 is 0 Å².